The molecule has 1 aromatic rings. The van der Waals surface area contributed by atoms with Gasteiger partial charge in [-0.25, -0.2) is 4.39 Å². The first-order valence-corrected chi connectivity index (χ1v) is 6.81. The Morgan fingerprint density at radius 2 is 2.00 bits per heavy atom. The van der Waals surface area contributed by atoms with Crippen LogP contribution < -0.4 is 10.6 Å². The van der Waals surface area contributed by atoms with Gasteiger partial charge < -0.3 is 10.6 Å². The second kappa shape index (κ2) is 5.27. The first kappa shape index (κ1) is 13.3. The summed E-state index contributed by atoms with van der Waals surface area (Å²) in [5.74, 6) is 0.576. The number of halogens is 1. The number of nitrogens with two attached hydrogens (primary N) is 1. The molecule has 0 heterocycles. The summed E-state index contributed by atoms with van der Waals surface area (Å²) in [6.07, 6.45) is 2.54. The normalized spacial score (nSPS) is 17.0. The molecule has 3 heteroatoms. The molecule has 2 N–H and O–H groups in total. The van der Waals surface area contributed by atoms with E-state index >= 15 is 0 Å². The molecule has 0 aliphatic heterocycles. The second-order valence-electron chi connectivity index (χ2n) is 5.66. The lowest BCUT2D eigenvalue weighted by molar-refractivity contribution is 0.581. The topological polar surface area (TPSA) is 29.3 Å². The highest BCUT2D eigenvalue weighted by molar-refractivity contribution is 5.57. The number of rotatable bonds is 5. The number of para-hydroxylation sites is 1. The molecule has 1 aliphatic carbocycles. The zero-order valence-electron chi connectivity index (χ0n) is 11.5. The Balaban J connectivity index is 2.38. The molecule has 100 valence electrons. The number of anilines is 1. The number of hydrogen-bond acceptors (Lipinski definition) is 2. The summed E-state index contributed by atoms with van der Waals surface area (Å²) in [5, 5.41) is 0. The van der Waals surface area contributed by atoms with E-state index in [2.05, 4.69) is 18.7 Å². The molecule has 1 aromatic carbocycles. The number of benzene rings is 1. The van der Waals surface area contributed by atoms with Crippen molar-refractivity contribution in [2.24, 2.45) is 11.7 Å². The van der Waals surface area contributed by atoms with Crippen LogP contribution >= 0.6 is 0 Å². The maximum atomic E-state index is 14.2. The lowest BCUT2D eigenvalue weighted by atomic mass is 10.0. The summed E-state index contributed by atoms with van der Waals surface area (Å²) in [6.45, 7) is 7.08. The van der Waals surface area contributed by atoms with Crippen molar-refractivity contribution >= 4 is 5.69 Å². The molecule has 1 aliphatic rings. The van der Waals surface area contributed by atoms with Crippen molar-refractivity contribution < 1.29 is 4.39 Å². The highest BCUT2D eigenvalue weighted by Crippen LogP contribution is 2.35. The molecule has 0 radical (unpaired) electrons. The van der Waals surface area contributed by atoms with Gasteiger partial charge in [-0.1, -0.05) is 12.1 Å². The van der Waals surface area contributed by atoms with Crippen LogP contribution in [0, 0.1) is 11.7 Å². The fraction of sp³-hybridized carbons (Fsp3) is 0.600. The van der Waals surface area contributed by atoms with Gasteiger partial charge in [0.15, 0.2) is 0 Å². The van der Waals surface area contributed by atoms with E-state index in [4.69, 9.17) is 5.73 Å². The Morgan fingerprint density at radius 1 is 1.33 bits per heavy atom. The van der Waals surface area contributed by atoms with Crippen molar-refractivity contribution in [1.82, 2.24) is 0 Å². The van der Waals surface area contributed by atoms with E-state index in [1.807, 2.05) is 13.0 Å². The third-order valence-corrected chi connectivity index (χ3v) is 3.57. The first-order valence-electron chi connectivity index (χ1n) is 6.81. The summed E-state index contributed by atoms with van der Waals surface area (Å²) in [4.78, 5) is 2.17. The van der Waals surface area contributed by atoms with Gasteiger partial charge in [0.05, 0.1) is 5.69 Å². The predicted molar refractivity (Wildman–Crippen MR) is 74.2 cm³/mol. The zero-order valence-corrected chi connectivity index (χ0v) is 11.5. The fourth-order valence-corrected chi connectivity index (χ4v) is 2.34. The lowest BCUT2D eigenvalue weighted by Crippen LogP contribution is -2.35. The molecule has 2 nitrogen and oxygen atoms in total. The maximum Gasteiger partial charge on any atom is 0.146 e. The molecule has 0 unspecified atom stereocenters. The minimum Gasteiger partial charge on any atom is -0.366 e. The summed E-state index contributed by atoms with van der Waals surface area (Å²) >= 11 is 0. The van der Waals surface area contributed by atoms with Gasteiger partial charge in [-0.15, -0.1) is 0 Å². The van der Waals surface area contributed by atoms with Gasteiger partial charge in [-0.05, 0) is 51.2 Å². The molecular weight excluding hydrogens is 227 g/mol. The van der Waals surface area contributed by atoms with Crippen LogP contribution in [0.1, 0.15) is 45.2 Å². The Bertz CT molecular complexity index is 411. The SMILES string of the molecule is CC(C)N(CC1CC1)c1c(F)cccc1[C@H](C)N. The van der Waals surface area contributed by atoms with E-state index in [-0.39, 0.29) is 11.9 Å². The number of hydrogen-bond donors (Lipinski definition) is 1. The van der Waals surface area contributed by atoms with E-state index in [0.29, 0.717) is 11.7 Å². The molecule has 1 atom stereocenters. The van der Waals surface area contributed by atoms with Gasteiger partial charge >= 0.3 is 0 Å². The maximum absolute atomic E-state index is 14.2. The van der Waals surface area contributed by atoms with E-state index in [1.165, 1.54) is 18.9 Å². The third kappa shape index (κ3) is 2.83. The van der Waals surface area contributed by atoms with Gasteiger partial charge in [-0.3, -0.25) is 0 Å². The summed E-state index contributed by atoms with van der Waals surface area (Å²) in [6, 6.07) is 5.36. The van der Waals surface area contributed by atoms with Crippen LogP contribution in [-0.2, 0) is 0 Å². The fourth-order valence-electron chi connectivity index (χ4n) is 2.34. The van der Waals surface area contributed by atoms with Crippen molar-refractivity contribution in [3.05, 3.63) is 29.6 Å². The zero-order chi connectivity index (χ0) is 13.3. The van der Waals surface area contributed by atoms with E-state index in [1.54, 1.807) is 6.07 Å². The van der Waals surface area contributed by atoms with E-state index < -0.39 is 0 Å². The molecular formula is C15H23FN2. The summed E-state index contributed by atoms with van der Waals surface area (Å²) in [5.41, 5.74) is 7.58. The van der Waals surface area contributed by atoms with Crippen LogP contribution in [0.5, 0.6) is 0 Å². The van der Waals surface area contributed by atoms with Crippen LogP contribution in [0.4, 0.5) is 10.1 Å². The molecule has 0 amide bonds. The molecule has 0 spiro atoms. The largest absolute Gasteiger partial charge is 0.366 e. The molecule has 0 aromatic heterocycles. The summed E-state index contributed by atoms with van der Waals surface area (Å²) in [7, 11) is 0. The van der Waals surface area contributed by atoms with Gasteiger partial charge in [-0.2, -0.15) is 0 Å². The molecule has 0 saturated heterocycles. The Kier molecular flexibility index (Phi) is 3.91. The quantitative estimate of drug-likeness (QED) is 0.867. The average molecular weight is 250 g/mol. The van der Waals surface area contributed by atoms with Gasteiger partial charge in [0.1, 0.15) is 5.82 Å². The standard InChI is InChI=1S/C15H23FN2/c1-10(2)18(9-12-7-8-12)15-13(11(3)17)5-4-6-14(15)16/h4-6,10-12H,7-9,17H2,1-3H3/t11-/m0/s1. The van der Waals surface area contributed by atoms with E-state index in [9.17, 15) is 4.39 Å². The highest BCUT2D eigenvalue weighted by atomic mass is 19.1. The van der Waals surface area contributed by atoms with Crippen LogP contribution in [0.2, 0.25) is 0 Å². The van der Waals surface area contributed by atoms with Crippen molar-refractivity contribution in [2.45, 2.75) is 45.7 Å². The van der Waals surface area contributed by atoms with Crippen molar-refractivity contribution in [1.29, 1.82) is 0 Å². The highest BCUT2D eigenvalue weighted by Gasteiger charge is 2.28. The predicted octanol–water partition coefficient (Wildman–Crippen LogP) is 3.47. The molecule has 2 rings (SSSR count). The van der Waals surface area contributed by atoms with Gasteiger partial charge in [0.2, 0.25) is 0 Å². The first-order chi connectivity index (χ1) is 8.50. The van der Waals surface area contributed by atoms with Crippen molar-refractivity contribution in [3.63, 3.8) is 0 Å². The Hall–Kier alpha value is -1.09. The molecule has 1 fully saturated rings. The van der Waals surface area contributed by atoms with Crippen LogP contribution in [-0.4, -0.2) is 12.6 Å². The van der Waals surface area contributed by atoms with Gasteiger partial charge in [0, 0.05) is 18.6 Å². The smallest absolute Gasteiger partial charge is 0.146 e. The molecule has 18 heavy (non-hydrogen) atoms. The second-order valence-corrected chi connectivity index (χ2v) is 5.66. The minimum absolute atomic E-state index is 0.142. The minimum atomic E-state index is -0.154. The molecule has 0 bridgehead atoms. The van der Waals surface area contributed by atoms with Crippen LogP contribution in [0.25, 0.3) is 0 Å². The van der Waals surface area contributed by atoms with Crippen molar-refractivity contribution in [2.75, 3.05) is 11.4 Å². The Morgan fingerprint density at radius 3 is 2.50 bits per heavy atom. The number of nitrogens with zero attached hydrogens (tertiary/aromatic N) is 1. The monoisotopic (exact) mass is 250 g/mol. The van der Waals surface area contributed by atoms with Crippen molar-refractivity contribution in [3.8, 4) is 0 Å². The summed E-state index contributed by atoms with van der Waals surface area (Å²) < 4.78 is 14.2. The van der Waals surface area contributed by atoms with Crippen LogP contribution in [0.3, 0.4) is 0 Å². The van der Waals surface area contributed by atoms with Gasteiger partial charge in [0.25, 0.3) is 0 Å². The lowest BCUT2D eigenvalue weighted by Gasteiger charge is -2.32. The van der Waals surface area contributed by atoms with E-state index in [0.717, 1.165) is 18.0 Å². The molecule has 1 saturated carbocycles. The Labute approximate surface area is 109 Å². The third-order valence-electron chi connectivity index (χ3n) is 3.57. The average Bonchev–Trinajstić information content (AvgIpc) is 3.09. The van der Waals surface area contributed by atoms with Crippen LogP contribution in [0.15, 0.2) is 18.2 Å².